The molecule has 18 heavy (non-hydrogen) atoms. The first-order valence-corrected chi connectivity index (χ1v) is 6.35. The van der Waals surface area contributed by atoms with Crippen LogP contribution in [0, 0.1) is 0 Å². The molecule has 0 bridgehead atoms. The first kappa shape index (κ1) is 12.5. The average molecular weight is 263 g/mol. The molecule has 2 aromatic rings. The van der Waals surface area contributed by atoms with E-state index in [0.29, 0.717) is 16.7 Å². The van der Waals surface area contributed by atoms with Gasteiger partial charge < -0.3 is 10.4 Å². The Hall–Kier alpha value is -1.95. The van der Waals surface area contributed by atoms with Crippen molar-refractivity contribution >= 4 is 28.1 Å². The Morgan fingerprint density at radius 3 is 2.89 bits per heavy atom. The Bertz CT molecular complexity index is 566. The van der Waals surface area contributed by atoms with Gasteiger partial charge >= 0.3 is 5.97 Å². The van der Waals surface area contributed by atoms with Gasteiger partial charge in [-0.15, -0.1) is 11.3 Å². The monoisotopic (exact) mass is 263 g/mol. The van der Waals surface area contributed by atoms with Crippen LogP contribution in [0.5, 0.6) is 0 Å². The van der Waals surface area contributed by atoms with Gasteiger partial charge in [-0.1, -0.05) is 13.8 Å². The van der Waals surface area contributed by atoms with Crippen molar-refractivity contribution in [2.75, 3.05) is 5.32 Å². The molecule has 0 aromatic carbocycles. The van der Waals surface area contributed by atoms with Crippen molar-refractivity contribution in [1.82, 2.24) is 9.97 Å². The maximum Gasteiger partial charge on any atom is 0.339 e. The lowest BCUT2D eigenvalue weighted by Gasteiger charge is -2.05. The summed E-state index contributed by atoms with van der Waals surface area (Å²) in [6, 6.07) is 1.62. The minimum atomic E-state index is -1.01. The second-order valence-electron chi connectivity index (χ2n) is 4.08. The maximum absolute atomic E-state index is 11.0. The molecule has 0 radical (unpaired) electrons. The zero-order valence-corrected chi connectivity index (χ0v) is 10.9. The molecular formula is C12H13N3O2S. The van der Waals surface area contributed by atoms with E-state index in [9.17, 15) is 4.79 Å². The number of nitrogens with zero attached hydrogens (tertiary/aromatic N) is 2. The van der Waals surface area contributed by atoms with Crippen LogP contribution >= 0.6 is 11.3 Å². The van der Waals surface area contributed by atoms with Gasteiger partial charge in [0.25, 0.3) is 0 Å². The Balaban J connectivity index is 2.25. The van der Waals surface area contributed by atoms with Crippen LogP contribution in [-0.4, -0.2) is 21.0 Å². The summed E-state index contributed by atoms with van der Waals surface area (Å²) in [5.74, 6) is -0.653. The number of thiazole rings is 1. The van der Waals surface area contributed by atoms with Crippen molar-refractivity contribution < 1.29 is 9.90 Å². The topological polar surface area (TPSA) is 75.1 Å². The lowest BCUT2D eigenvalue weighted by atomic mass is 10.2. The number of pyridine rings is 1. The SMILES string of the molecule is CC(C)c1csc(Nc2ccncc2C(=O)O)n1. The van der Waals surface area contributed by atoms with E-state index in [2.05, 4.69) is 29.1 Å². The van der Waals surface area contributed by atoms with Crippen molar-refractivity contribution in [1.29, 1.82) is 0 Å². The normalized spacial score (nSPS) is 10.6. The van der Waals surface area contributed by atoms with E-state index in [4.69, 9.17) is 5.11 Å². The quantitative estimate of drug-likeness (QED) is 0.886. The highest BCUT2D eigenvalue weighted by Crippen LogP contribution is 2.26. The van der Waals surface area contributed by atoms with Gasteiger partial charge in [0.1, 0.15) is 5.56 Å². The smallest absolute Gasteiger partial charge is 0.339 e. The van der Waals surface area contributed by atoms with Crippen LogP contribution in [0.1, 0.15) is 35.8 Å². The van der Waals surface area contributed by atoms with Crippen LogP contribution in [-0.2, 0) is 0 Å². The summed E-state index contributed by atoms with van der Waals surface area (Å²) in [7, 11) is 0. The minimum Gasteiger partial charge on any atom is -0.478 e. The molecule has 0 amide bonds. The Labute approximate surface area is 109 Å². The summed E-state index contributed by atoms with van der Waals surface area (Å²) in [6.45, 7) is 4.13. The molecule has 0 fully saturated rings. The highest BCUT2D eigenvalue weighted by Gasteiger charge is 2.12. The fourth-order valence-corrected chi connectivity index (χ4v) is 2.28. The van der Waals surface area contributed by atoms with Crippen LogP contribution in [0.3, 0.4) is 0 Å². The van der Waals surface area contributed by atoms with Gasteiger partial charge in [-0.25, -0.2) is 9.78 Å². The summed E-state index contributed by atoms with van der Waals surface area (Å²) < 4.78 is 0. The van der Waals surface area contributed by atoms with Gasteiger partial charge in [0, 0.05) is 17.8 Å². The number of carboxylic acids is 1. The first-order valence-electron chi connectivity index (χ1n) is 5.47. The molecule has 2 N–H and O–H groups in total. The van der Waals surface area contributed by atoms with Crippen molar-refractivity contribution in [3.63, 3.8) is 0 Å². The van der Waals surface area contributed by atoms with E-state index in [1.807, 2.05) is 5.38 Å². The number of hydrogen-bond donors (Lipinski definition) is 2. The van der Waals surface area contributed by atoms with Crippen molar-refractivity contribution in [2.24, 2.45) is 0 Å². The summed E-state index contributed by atoms with van der Waals surface area (Å²) in [5.41, 5.74) is 1.63. The molecule has 0 saturated heterocycles. The highest BCUT2D eigenvalue weighted by molar-refractivity contribution is 7.13. The third kappa shape index (κ3) is 2.65. The number of rotatable bonds is 4. The molecule has 0 atom stereocenters. The van der Waals surface area contributed by atoms with Gasteiger partial charge in [0.2, 0.25) is 0 Å². The average Bonchev–Trinajstić information content (AvgIpc) is 2.78. The Morgan fingerprint density at radius 2 is 2.28 bits per heavy atom. The molecule has 0 saturated carbocycles. The van der Waals surface area contributed by atoms with E-state index in [1.54, 1.807) is 12.3 Å². The van der Waals surface area contributed by atoms with E-state index in [-0.39, 0.29) is 5.56 Å². The number of carboxylic acid groups (broad SMARTS) is 1. The van der Waals surface area contributed by atoms with Gasteiger partial charge in [-0.3, -0.25) is 4.98 Å². The molecule has 2 aromatic heterocycles. The number of aromatic carboxylic acids is 1. The minimum absolute atomic E-state index is 0.138. The zero-order chi connectivity index (χ0) is 13.1. The summed E-state index contributed by atoms with van der Waals surface area (Å²) in [5, 5.41) is 14.7. The fraction of sp³-hybridized carbons (Fsp3) is 0.250. The van der Waals surface area contributed by atoms with Crippen LogP contribution in [0.2, 0.25) is 0 Å². The molecular weight excluding hydrogens is 250 g/mol. The molecule has 2 rings (SSSR count). The number of carbonyl (C=O) groups is 1. The van der Waals surface area contributed by atoms with Gasteiger partial charge in [0.05, 0.1) is 11.4 Å². The van der Waals surface area contributed by atoms with E-state index >= 15 is 0 Å². The second kappa shape index (κ2) is 5.14. The summed E-state index contributed by atoms with van der Waals surface area (Å²) >= 11 is 1.46. The third-order valence-electron chi connectivity index (χ3n) is 2.41. The number of aromatic nitrogens is 2. The first-order chi connectivity index (χ1) is 8.58. The molecule has 94 valence electrons. The second-order valence-corrected chi connectivity index (χ2v) is 4.94. The largest absolute Gasteiger partial charge is 0.478 e. The maximum atomic E-state index is 11.0. The standard InChI is InChI=1S/C12H13N3O2S/c1-7(2)10-6-18-12(15-10)14-9-3-4-13-5-8(9)11(16)17/h3-7H,1-2H3,(H,16,17)(H,13,14,15). The molecule has 6 heteroatoms. The van der Waals surface area contributed by atoms with Crippen molar-refractivity contribution in [3.8, 4) is 0 Å². The third-order valence-corrected chi connectivity index (χ3v) is 3.18. The number of nitrogens with one attached hydrogen (secondary N) is 1. The van der Waals surface area contributed by atoms with Gasteiger partial charge in [-0.05, 0) is 12.0 Å². The highest BCUT2D eigenvalue weighted by atomic mass is 32.1. The lowest BCUT2D eigenvalue weighted by Crippen LogP contribution is -2.03. The summed E-state index contributed by atoms with van der Waals surface area (Å²) in [4.78, 5) is 19.2. The summed E-state index contributed by atoms with van der Waals surface area (Å²) in [6.07, 6.45) is 2.87. The zero-order valence-electron chi connectivity index (χ0n) is 10.0. The van der Waals surface area contributed by atoms with Gasteiger partial charge in [-0.2, -0.15) is 0 Å². The van der Waals surface area contributed by atoms with Crippen molar-refractivity contribution in [3.05, 3.63) is 35.1 Å². The molecule has 0 aliphatic heterocycles. The lowest BCUT2D eigenvalue weighted by molar-refractivity contribution is 0.0697. The van der Waals surface area contributed by atoms with Crippen LogP contribution in [0.4, 0.5) is 10.8 Å². The predicted octanol–water partition coefficient (Wildman–Crippen LogP) is 3.10. The van der Waals surface area contributed by atoms with E-state index in [0.717, 1.165) is 5.69 Å². The number of anilines is 2. The molecule has 2 heterocycles. The number of hydrogen-bond acceptors (Lipinski definition) is 5. The van der Waals surface area contributed by atoms with Gasteiger partial charge in [0.15, 0.2) is 5.13 Å². The molecule has 0 aliphatic carbocycles. The molecule has 0 spiro atoms. The fourth-order valence-electron chi connectivity index (χ4n) is 1.40. The predicted molar refractivity (Wildman–Crippen MR) is 70.7 cm³/mol. The van der Waals surface area contributed by atoms with Crippen LogP contribution in [0.15, 0.2) is 23.8 Å². The molecule has 0 aliphatic rings. The van der Waals surface area contributed by atoms with E-state index in [1.165, 1.54) is 17.5 Å². The van der Waals surface area contributed by atoms with Crippen LogP contribution in [0.25, 0.3) is 0 Å². The molecule has 5 nitrogen and oxygen atoms in total. The van der Waals surface area contributed by atoms with E-state index < -0.39 is 5.97 Å². The van der Waals surface area contributed by atoms with Crippen LogP contribution < -0.4 is 5.32 Å². The Morgan fingerprint density at radius 1 is 1.50 bits per heavy atom. The molecule has 0 unspecified atom stereocenters. The Kier molecular flexibility index (Phi) is 3.57. The van der Waals surface area contributed by atoms with Crippen molar-refractivity contribution in [2.45, 2.75) is 19.8 Å².